The van der Waals surface area contributed by atoms with Crippen LogP contribution in [-0.2, 0) is 0 Å². The summed E-state index contributed by atoms with van der Waals surface area (Å²) in [6.07, 6.45) is 0. The molecule has 10 heteroatoms. The van der Waals surface area contributed by atoms with E-state index in [1.165, 1.54) is 78.6 Å². The fraction of sp³-hybridized carbons (Fsp3) is 0. The fourth-order valence-electron chi connectivity index (χ4n) is 16.0. The molecule has 0 saturated heterocycles. The summed E-state index contributed by atoms with van der Waals surface area (Å²) in [6, 6.07) is 120. The highest BCUT2D eigenvalue weighted by molar-refractivity contribution is 7.26. The molecular weight excluding hydrogens is 1360 g/mol. The second kappa shape index (κ2) is 24.9. The molecule has 0 amide bonds. The van der Waals surface area contributed by atoms with Gasteiger partial charge in [0.25, 0.3) is 0 Å². The van der Waals surface area contributed by atoms with E-state index < -0.39 is 0 Å². The number of thiophene rings is 2. The molecule has 23 rings (SSSR count). The number of furan rings is 2. The van der Waals surface area contributed by atoms with E-state index >= 15 is 0 Å². The van der Waals surface area contributed by atoms with Gasteiger partial charge in [0.1, 0.15) is 22.3 Å². The van der Waals surface area contributed by atoms with Crippen LogP contribution in [0.25, 0.3) is 229 Å². The molecule has 502 valence electrons. The molecule has 0 radical (unpaired) electrons. The van der Waals surface area contributed by atoms with Crippen LogP contribution in [0.3, 0.4) is 0 Å². The zero-order valence-corrected chi connectivity index (χ0v) is 59.3. The van der Waals surface area contributed by atoms with Crippen molar-refractivity contribution in [2.45, 2.75) is 0 Å². The summed E-state index contributed by atoms with van der Waals surface area (Å²) in [7, 11) is 0. The first-order valence-corrected chi connectivity index (χ1v) is 37.7. The molecule has 0 fully saturated rings. The molecule has 17 aromatic carbocycles. The fourth-order valence-corrected chi connectivity index (χ4v) is 18.3. The topological polar surface area (TPSA) is 104 Å². The largest absolute Gasteiger partial charge is 0.455 e. The lowest BCUT2D eigenvalue weighted by atomic mass is 9.96. The molecule has 0 aliphatic rings. The highest BCUT2D eigenvalue weighted by Crippen LogP contribution is 2.47. The number of fused-ring (bicyclic) bond motifs is 18. The average Bonchev–Trinajstić information content (AvgIpc) is 1.57. The van der Waals surface area contributed by atoms with E-state index in [2.05, 4.69) is 273 Å². The van der Waals surface area contributed by atoms with Crippen LogP contribution in [0.15, 0.2) is 349 Å². The lowest BCUT2D eigenvalue weighted by molar-refractivity contribution is 0.669. The number of rotatable bonds is 8. The maximum absolute atomic E-state index is 6.78. The van der Waals surface area contributed by atoms with Crippen molar-refractivity contribution in [3.63, 3.8) is 0 Å². The first-order chi connectivity index (χ1) is 53.5. The van der Waals surface area contributed by atoms with Crippen LogP contribution in [0.5, 0.6) is 0 Å². The van der Waals surface area contributed by atoms with Crippen molar-refractivity contribution in [1.29, 1.82) is 0 Å². The van der Waals surface area contributed by atoms with Crippen LogP contribution in [0.4, 0.5) is 0 Å². The van der Waals surface area contributed by atoms with Crippen LogP contribution >= 0.6 is 22.7 Å². The molecule has 0 N–H and O–H groups in total. The van der Waals surface area contributed by atoms with Gasteiger partial charge >= 0.3 is 0 Å². The molecule has 6 aromatic heterocycles. The van der Waals surface area contributed by atoms with Crippen LogP contribution in [0.2, 0.25) is 0 Å². The minimum absolute atomic E-state index is 0.570. The summed E-state index contributed by atoms with van der Waals surface area (Å²) >= 11 is 3.70. The molecule has 108 heavy (non-hydrogen) atoms. The Morgan fingerprint density at radius 2 is 0.593 bits per heavy atom. The van der Waals surface area contributed by atoms with E-state index in [-0.39, 0.29) is 0 Å². The summed E-state index contributed by atoms with van der Waals surface area (Å²) in [5.41, 5.74) is 13.4. The van der Waals surface area contributed by atoms with Gasteiger partial charge in [0, 0.05) is 95.3 Å². The predicted octanol–water partition coefficient (Wildman–Crippen LogP) is 27.4. The van der Waals surface area contributed by atoms with Gasteiger partial charge in [-0.25, -0.2) is 29.9 Å². The number of aromatic nitrogens is 6. The zero-order chi connectivity index (χ0) is 70.9. The molecule has 0 atom stereocenters. The van der Waals surface area contributed by atoms with Crippen molar-refractivity contribution in [3.05, 3.63) is 340 Å². The van der Waals surface area contributed by atoms with E-state index in [0.29, 0.717) is 34.9 Å². The van der Waals surface area contributed by atoms with Gasteiger partial charge in [-0.15, -0.1) is 22.7 Å². The Labute approximate surface area is 625 Å². The van der Waals surface area contributed by atoms with Gasteiger partial charge < -0.3 is 8.83 Å². The quantitative estimate of drug-likeness (QED) is 0.148. The van der Waals surface area contributed by atoms with Crippen molar-refractivity contribution in [1.82, 2.24) is 29.9 Å². The van der Waals surface area contributed by atoms with Gasteiger partial charge in [-0.05, 0) is 149 Å². The zero-order valence-electron chi connectivity index (χ0n) is 57.6. The lowest BCUT2D eigenvalue weighted by Gasteiger charge is -2.10. The minimum atomic E-state index is 0.570. The Morgan fingerprint density at radius 3 is 1.27 bits per heavy atom. The van der Waals surface area contributed by atoms with Crippen LogP contribution < -0.4 is 0 Å². The Kier molecular flexibility index (Phi) is 14.2. The van der Waals surface area contributed by atoms with E-state index in [4.69, 9.17) is 38.7 Å². The maximum Gasteiger partial charge on any atom is 0.167 e. The van der Waals surface area contributed by atoms with E-state index in [1.54, 1.807) is 0 Å². The molecule has 0 bridgehead atoms. The van der Waals surface area contributed by atoms with Gasteiger partial charge in [0.2, 0.25) is 0 Å². The summed E-state index contributed by atoms with van der Waals surface area (Å²) in [6.45, 7) is 0. The van der Waals surface area contributed by atoms with Gasteiger partial charge in [-0.3, -0.25) is 0 Å². The normalized spacial score (nSPS) is 11.9. The standard InChI is InChI=1S/C51H29N3OS.C47H27N3OS/c1-2-11-32(12-3-1)49-52-50(38-17-8-15-30-10-6-7-16-37(30)38)54-51(53-49)40-19-9-18-39-47-41-26-35(21-20-31(41)22-24-44(47)55-48(39)40)36-23-25-45-42(28-36)43-27-33-13-4-5-14-34(33)29-46(43)56-45;1-2-12-29(13-3-1)45-48-46(50-47(49-45)37-21-8-16-28-11-6-7-17-33(28)37)32-23-24-40-38(26-32)36-20-9-19-35(44(36)51-40)34-18-10-22-41-43(34)39-25-30-14-4-5-15-31(30)27-42(39)52-41/h1-29H;1-27H. The van der Waals surface area contributed by atoms with Crippen LogP contribution in [0.1, 0.15) is 0 Å². The molecule has 23 aromatic rings. The molecule has 0 spiro atoms. The number of para-hydroxylation sites is 2. The SMILES string of the molecule is c1ccc(-c2nc(-c3ccc4oc5c(-c6cccc7sc8cc9ccccc9cc8c67)cccc5c4c3)nc(-c3cccc4ccccc34)n2)cc1.c1ccc(-c2nc(-c3cccc4ccccc34)nc(-c3cccc4c3oc3ccc5ccc(-c6ccc7sc8cc9ccccc9cc8c7c6)cc5c34)n2)cc1. The molecule has 0 aliphatic heterocycles. The molecular formula is C98H56N6O2S2. The van der Waals surface area contributed by atoms with Crippen molar-refractivity contribution in [2.75, 3.05) is 0 Å². The molecule has 0 unspecified atom stereocenters. The van der Waals surface area contributed by atoms with Gasteiger partial charge in [-0.1, -0.05) is 261 Å². The monoisotopic (exact) mass is 1410 g/mol. The summed E-state index contributed by atoms with van der Waals surface area (Å²) < 4.78 is 18.7. The lowest BCUT2D eigenvalue weighted by Crippen LogP contribution is -2.00. The average molecular weight is 1410 g/mol. The van der Waals surface area contributed by atoms with Crippen LogP contribution in [0, 0.1) is 0 Å². The smallest absolute Gasteiger partial charge is 0.167 e. The third-order valence-electron chi connectivity index (χ3n) is 21.2. The van der Waals surface area contributed by atoms with Gasteiger partial charge in [0.15, 0.2) is 34.9 Å². The molecule has 0 saturated carbocycles. The Balaban J connectivity index is 0.000000134. The van der Waals surface area contributed by atoms with E-state index in [9.17, 15) is 0 Å². The Bertz CT molecular complexity index is 7640. The van der Waals surface area contributed by atoms with Crippen molar-refractivity contribution < 1.29 is 8.83 Å². The third kappa shape index (κ3) is 10.3. The summed E-state index contributed by atoms with van der Waals surface area (Å²) in [5.74, 6) is 3.70. The van der Waals surface area contributed by atoms with Crippen molar-refractivity contribution in [3.8, 4) is 90.6 Å². The Morgan fingerprint density at radius 1 is 0.185 bits per heavy atom. The number of nitrogens with zero attached hydrogens (tertiary/aromatic N) is 6. The first kappa shape index (κ1) is 61.6. The maximum atomic E-state index is 6.78. The minimum Gasteiger partial charge on any atom is -0.455 e. The van der Waals surface area contributed by atoms with E-state index in [1.807, 2.05) is 89.4 Å². The highest BCUT2D eigenvalue weighted by atomic mass is 32.1. The van der Waals surface area contributed by atoms with Crippen LogP contribution in [-0.4, -0.2) is 29.9 Å². The summed E-state index contributed by atoms with van der Waals surface area (Å²) in [4.78, 5) is 30.5. The molecule has 6 heterocycles. The van der Waals surface area contributed by atoms with Gasteiger partial charge in [-0.2, -0.15) is 0 Å². The number of benzene rings is 17. The van der Waals surface area contributed by atoms with Crippen molar-refractivity contribution in [2.24, 2.45) is 0 Å². The molecule has 0 aliphatic carbocycles. The Hall–Kier alpha value is -13.9. The third-order valence-corrected chi connectivity index (χ3v) is 23.4. The van der Waals surface area contributed by atoms with Crippen molar-refractivity contribution >= 4 is 161 Å². The molecule has 8 nitrogen and oxygen atoms in total. The highest BCUT2D eigenvalue weighted by Gasteiger charge is 2.24. The second-order valence-corrected chi connectivity index (χ2v) is 29.7. The second-order valence-electron chi connectivity index (χ2n) is 27.5. The number of hydrogen-bond acceptors (Lipinski definition) is 10. The summed E-state index contributed by atoms with van der Waals surface area (Å²) in [5, 5.41) is 21.2. The van der Waals surface area contributed by atoms with Gasteiger partial charge in [0.05, 0.1) is 5.56 Å². The predicted molar refractivity (Wildman–Crippen MR) is 451 cm³/mol. The van der Waals surface area contributed by atoms with E-state index in [0.717, 1.165) is 115 Å². The first-order valence-electron chi connectivity index (χ1n) is 36.1. The number of hydrogen-bond donors (Lipinski definition) is 0.